The van der Waals surface area contributed by atoms with Gasteiger partial charge in [0.2, 0.25) is 41.4 Å². The molecule has 0 bridgehead atoms. The van der Waals surface area contributed by atoms with Crippen LogP contribution in [0.25, 0.3) is 0 Å². The molecule has 2 aromatic carbocycles. The molecule has 5 aliphatic rings. The number of allylic oxidation sites excluding steroid dienone is 2. The molecule has 0 unspecified atom stereocenters. The van der Waals surface area contributed by atoms with Gasteiger partial charge in [-0.25, -0.2) is 21.9 Å². The van der Waals surface area contributed by atoms with Crippen molar-refractivity contribution in [2.45, 2.75) is 184 Å². The highest BCUT2D eigenvalue weighted by Crippen LogP contribution is 2.44. The van der Waals surface area contributed by atoms with Crippen LogP contribution in [0.5, 0.6) is 5.75 Å². The average Bonchev–Trinajstić information content (AvgIpc) is 4.10. The van der Waals surface area contributed by atoms with Gasteiger partial charge in [-0.15, -0.1) is 0 Å². The number of carbonyl (C=O) groups excluding carboxylic acids is 6. The predicted octanol–water partition coefficient (Wildman–Crippen LogP) is 3.17. The van der Waals surface area contributed by atoms with Crippen LogP contribution in [0, 0.1) is 32.4 Å². The van der Waals surface area contributed by atoms with Crippen molar-refractivity contribution in [2.75, 3.05) is 26.2 Å². The zero-order valence-electron chi connectivity index (χ0n) is 43.8. The van der Waals surface area contributed by atoms with Crippen molar-refractivity contribution in [1.29, 1.82) is 0 Å². The predicted molar refractivity (Wildman–Crippen MR) is 276 cm³/mol. The largest absolute Gasteiger partial charge is 0.487 e. The molecule has 6 amide bonds. The van der Waals surface area contributed by atoms with Crippen LogP contribution < -0.4 is 42.2 Å². The highest BCUT2D eigenvalue weighted by Gasteiger charge is 2.50. The number of hydrogen-bond acceptors (Lipinski definition) is 11. The van der Waals surface area contributed by atoms with E-state index in [0.717, 1.165) is 17.7 Å². The highest BCUT2D eigenvalue weighted by atomic mass is 32.2. The number of carbonyl (C=O) groups is 6. The first-order chi connectivity index (χ1) is 35.5. The lowest BCUT2D eigenvalue weighted by molar-refractivity contribution is -0.146. The molecule has 4 aliphatic heterocycles. The van der Waals surface area contributed by atoms with Crippen LogP contribution in [-0.4, -0.2) is 127 Å². The summed E-state index contributed by atoms with van der Waals surface area (Å²) >= 11 is 0. The number of rotatable bonds is 8. The summed E-state index contributed by atoms with van der Waals surface area (Å²) in [5.74, 6) is -4.84. The number of ether oxygens (including phenoxy) is 1. The van der Waals surface area contributed by atoms with E-state index in [0.29, 0.717) is 92.8 Å². The Morgan fingerprint density at radius 2 is 1.43 bits per heavy atom. The fourth-order valence-electron chi connectivity index (χ4n) is 11.0. The van der Waals surface area contributed by atoms with Crippen molar-refractivity contribution in [2.24, 2.45) is 16.5 Å². The Kier molecular flexibility index (Phi) is 18.0. The van der Waals surface area contributed by atoms with Gasteiger partial charge in [0.25, 0.3) is 10.0 Å². The molecule has 5 atom stereocenters. The zero-order valence-corrected chi connectivity index (χ0v) is 44.6. The Morgan fingerprint density at radius 1 is 0.800 bits per heavy atom. The number of amides is 6. The summed E-state index contributed by atoms with van der Waals surface area (Å²) < 4.78 is 65.1. The van der Waals surface area contributed by atoms with E-state index in [1.54, 1.807) is 13.8 Å². The summed E-state index contributed by atoms with van der Waals surface area (Å²) in [7, 11) is -4.21. The van der Waals surface area contributed by atoms with Crippen molar-refractivity contribution in [3.63, 3.8) is 0 Å². The van der Waals surface area contributed by atoms with Crippen molar-refractivity contribution in [1.82, 2.24) is 35.8 Å². The van der Waals surface area contributed by atoms with E-state index in [9.17, 15) is 46.0 Å². The standard InChI is InChI=1S/C53H74F2N10O9S/c1-31-32(2)44(33(3)37-30-52(4,5)74-43(31)37)75(72,73)63-51(57)59-23-12-17-39-48(69)64-24-13-18-41(64)46(67)58-22-11-9-7-6-8-10-16-38(56)45(66)60-40(28-34-26-35(54)29-36(55)27-34)49(70)65-25-14-19-42(65)47(68)62-53(20-15-21-53)50(71)61-39/h6-7,26-27,29,38-42H,8-25,28,30,56H2,1-5H3,(H,58,67)(H,60,66)(H,61,71)(H,62,68)(H3,57,59,63)/b7-6+/t38-,39-,40-,41-,42-/m0/s1. The molecule has 1 spiro atoms. The Morgan fingerprint density at radius 3 is 2.07 bits per heavy atom. The lowest BCUT2D eigenvalue weighted by Gasteiger charge is -2.43. The molecule has 3 fully saturated rings. The van der Waals surface area contributed by atoms with Gasteiger partial charge in [0.1, 0.15) is 52.7 Å². The van der Waals surface area contributed by atoms with Gasteiger partial charge in [-0.1, -0.05) is 12.2 Å². The van der Waals surface area contributed by atoms with Crippen molar-refractivity contribution < 1.29 is 50.7 Å². The fourth-order valence-corrected chi connectivity index (χ4v) is 12.5. The minimum Gasteiger partial charge on any atom is -0.487 e. The maximum absolute atomic E-state index is 14.6. The van der Waals surface area contributed by atoms with Crippen LogP contribution in [0.3, 0.4) is 0 Å². The Balaban J connectivity index is 1.11. The molecule has 2 saturated heterocycles. The lowest BCUT2D eigenvalue weighted by atomic mass is 9.75. The van der Waals surface area contributed by atoms with Gasteiger partial charge in [0.15, 0.2) is 0 Å². The number of guanidine groups is 1. The van der Waals surface area contributed by atoms with Gasteiger partial charge in [0, 0.05) is 50.7 Å². The molecule has 2 aromatic rings. The number of nitrogens with two attached hydrogens (primary N) is 2. The third-order valence-corrected chi connectivity index (χ3v) is 16.9. The van der Waals surface area contributed by atoms with Gasteiger partial charge in [-0.05, 0) is 159 Å². The fraction of sp³-hybridized carbons (Fsp3) is 0.604. The second-order valence-electron chi connectivity index (χ2n) is 21.4. The number of aliphatic imine (C=N–C) groups is 1. The number of nitrogens with zero attached hydrogens (tertiary/aromatic N) is 3. The minimum atomic E-state index is -4.21. The normalized spacial score (nSPS) is 25.8. The van der Waals surface area contributed by atoms with E-state index in [2.05, 4.69) is 31.0 Å². The molecule has 0 radical (unpaired) electrons. The Hall–Kier alpha value is -6.16. The van der Waals surface area contributed by atoms with Gasteiger partial charge >= 0.3 is 0 Å². The van der Waals surface area contributed by atoms with Gasteiger partial charge < -0.3 is 47.3 Å². The third-order valence-electron chi connectivity index (χ3n) is 15.2. The number of nitrogens with one attached hydrogen (secondary N) is 5. The molecule has 1 saturated carbocycles. The van der Waals surface area contributed by atoms with Crippen LogP contribution in [0.1, 0.15) is 132 Å². The zero-order chi connectivity index (χ0) is 54.4. The van der Waals surface area contributed by atoms with Gasteiger partial charge in [-0.2, -0.15) is 0 Å². The molecule has 9 N–H and O–H groups in total. The Labute approximate surface area is 438 Å². The monoisotopic (exact) mass is 1060 g/mol. The quantitative estimate of drug-likeness (QED) is 0.0873. The van der Waals surface area contributed by atoms with Crippen LogP contribution >= 0.6 is 0 Å². The first-order valence-corrected chi connectivity index (χ1v) is 27.8. The van der Waals surface area contributed by atoms with E-state index in [4.69, 9.17) is 16.2 Å². The summed E-state index contributed by atoms with van der Waals surface area (Å²) in [6.07, 6.45) is 9.52. The highest BCUT2D eigenvalue weighted by molar-refractivity contribution is 7.90. The SMILES string of the molecule is Cc1c(C)c(S(=O)(=O)NC(N)=NCCC[C@@H]2NC(=O)C3(CCC3)NC(=O)[C@@H]3CCCN3C(=O)[C@H](Cc3cc(F)cc(F)c3)NC(=O)[C@@H](N)CCC/C=C/CCCNC(=O)[C@@H]3CCCN3C2=O)c(C)c2c1OC(C)(C)C2. The molecule has 410 valence electrons. The summed E-state index contributed by atoms with van der Waals surface area (Å²) in [4.78, 5) is 92.3. The van der Waals surface area contributed by atoms with E-state index in [1.807, 2.05) is 32.9 Å². The molecule has 7 rings (SSSR count). The second kappa shape index (κ2) is 23.8. The molecule has 4 heterocycles. The van der Waals surface area contributed by atoms with Crippen LogP contribution in [-0.2, 0) is 51.6 Å². The van der Waals surface area contributed by atoms with Gasteiger partial charge in [-0.3, -0.25) is 33.8 Å². The Bertz CT molecular complexity index is 2690. The molecule has 75 heavy (non-hydrogen) atoms. The minimum absolute atomic E-state index is 0.00417. The smallest absolute Gasteiger partial charge is 0.264 e. The van der Waals surface area contributed by atoms with E-state index in [-0.39, 0.29) is 86.9 Å². The maximum Gasteiger partial charge on any atom is 0.264 e. The number of hydrogen-bond donors (Lipinski definition) is 7. The molecule has 22 heteroatoms. The first-order valence-electron chi connectivity index (χ1n) is 26.3. The topological polar surface area (TPSA) is 277 Å². The third kappa shape index (κ3) is 13.3. The van der Waals surface area contributed by atoms with Crippen LogP contribution in [0.4, 0.5) is 8.78 Å². The summed E-state index contributed by atoms with van der Waals surface area (Å²) in [6.45, 7) is 9.82. The average molecular weight is 1070 g/mol. The molecular weight excluding hydrogens is 991 g/mol. The second-order valence-corrected chi connectivity index (χ2v) is 23.0. The number of halogens is 2. The molecule has 1 aliphatic carbocycles. The van der Waals surface area contributed by atoms with Crippen molar-refractivity contribution >= 4 is 51.4 Å². The lowest BCUT2D eigenvalue weighted by Crippen LogP contribution is -2.67. The summed E-state index contributed by atoms with van der Waals surface area (Å²) in [5, 5.41) is 11.4. The number of benzene rings is 2. The van der Waals surface area contributed by atoms with Crippen molar-refractivity contribution in [3.8, 4) is 5.75 Å². The number of fused-ring (bicyclic) bond motifs is 3. The molecule has 0 aromatic heterocycles. The molecular formula is C53H74F2N10O9S. The van der Waals surface area contributed by atoms with Gasteiger partial charge in [0.05, 0.1) is 10.9 Å². The van der Waals surface area contributed by atoms with Crippen LogP contribution in [0.2, 0.25) is 0 Å². The van der Waals surface area contributed by atoms with Crippen molar-refractivity contribution in [3.05, 3.63) is 69.8 Å². The first kappa shape index (κ1) is 56.6. The van der Waals surface area contributed by atoms with Crippen LogP contribution in [0.15, 0.2) is 40.2 Å². The number of sulfonamides is 1. The summed E-state index contributed by atoms with van der Waals surface area (Å²) in [5.41, 5.74) is 13.2. The van der Waals surface area contributed by atoms with E-state index >= 15 is 0 Å². The molecule has 19 nitrogen and oxygen atoms in total. The summed E-state index contributed by atoms with van der Waals surface area (Å²) in [6, 6.07) is -2.60. The van der Waals surface area contributed by atoms with E-state index < -0.39 is 92.5 Å². The maximum atomic E-state index is 14.6. The van der Waals surface area contributed by atoms with E-state index in [1.165, 1.54) is 9.80 Å².